The van der Waals surface area contributed by atoms with Crippen LogP contribution in [0.2, 0.25) is 0 Å². The summed E-state index contributed by atoms with van der Waals surface area (Å²) in [5.74, 6) is 1.49. The maximum Gasteiger partial charge on any atom is 0.234 e. The van der Waals surface area contributed by atoms with E-state index in [1.165, 1.54) is 19.3 Å². The number of aryl methyl sites for hydroxylation is 1. The van der Waals surface area contributed by atoms with Gasteiger partial charge in [-0.15, -0.1) is 0 Å². The molecule has 7 heteroatoms. The van der Waals surface area contributed by atoms with E-state index in [-0.39, 0.29) is 12.2 Å². The Balaban J connectivity index is 1.44. The number of hydrogen-bond donors (Lipinski definition) is 0. The summed E-state index contributed by atoms with van der Waals surface area (Å²) in [6.45, 7) is 2.21. The van der Waals surface area contributed by atoms with E-state index in [2.05, 4.69) is 20.0 Å². The highest BCUT2D eigenvalue weighted by Crippen LogP contribution is 2.26. The van der Waals surface area contributed by atoms with E-state index in [4.69, 9.17) is 9.47 Å². The van der Waals surface area contributed by atoms with Crippen molar-refractivity contribution >= 4 is 5.82 Å². The van der Waals surface area contributed by atoms with Gasteiger partial charge in [-0.05, 0) is 25.7 Å². The van der Waals surface area contributed by atoms with Gasteiger partial charge < -0.3 is 14.4 Å². The van der Waals surface area contributed by atoms with Gasteiger partial charge in [-0.3, -0.25) is 9.67 Å². The van der Waals surface area contributed by atoms with Crippen molar-refractivity contribution in [2.75, 3.05) is 24.6 Å². The smallest absolute Gasteiger partial charge is 0.234 e. The lowest BCUT2D eigenvalue weighted by atomic mass is 9.98. The zero-order valence-corrected chi connectivity index (χ0v) is 14.7. The standard InChI is InChI=1S/C18H25N5O2/c1-22-12-14(9-20-22)16-13-23(7-8-24-16)17-10-19-11-18(21-17)25-15-5-3-2-4-6-15/h9-12,15-16H,2-8,13H2,1H3. The second-order valence-electron chi connectivity index (χ2n) is 6.85. The first kappa shape index (κ1) is 16.3. The van der Waals surface area contributed by atoms with E-state index in [0.29, 0.717) is 12.5 Å². The molecule has 2 fully saturated rings. The number of rotatable bonds is 4. The summed E-state index contributed by atoms with van der Waals surface area (Å²) in [4.78, 5) is 11.2. The molecule has 3 heterocycles. The number of anilines is 1. The average molecular weight is 343 g/mol. The van der Waals surface area contributed by atoms with Gasteiger partial charge in [-0.1, -0.05) is 6.42 Å². The Bertz CT molecular complexity index is 698. The zero-order valence-electron chi connectivity index (χ0n) is 14.7. The zero-order chi connectivity index (χ0) is 17.1. The number of hydrogen-bond acceptors (Lipinski definition) is 6. The molecule has 2 aromatic rings. The molecule has 0 N–H and O–H groups in total. The number of aromatic nitrogens is 4. The van der Waals surface area contributed by atoms with Crippen molar-refractivity contribution in [1.82, 2.24) is 19.7 Å². The van der Waals surface area contributed by atoms with Crippen molar-refractivity contribution in [2.24, 2.45) is 7.05 Å². The van der Waals surface area contributed by atoms with Gasteiger partial charge in [0.25, 0.3) is 0 Å². The van der Waals surface area contributed by atoms with E-state index in [9.17, 15) is 0 Å². The van der Waals surface area contributed by atoms with Gasteiger partial charge in [-0.25, -0.2) is 0 Å². The molecular weight excluding hydrogens is 318 g/mol. The van der Waals surface area contributed by atoms with Gasteiger partial charge in [0.15, 0.2) is 5.82 Å². The Hall–Kier alpha value is -2.15. The van der Waals surface area contributed by atoms with Crippen LogP contribution in [-0.4, -0.2) is 45.5 Å². The van der Waals surface area contributed by atoms with Crippen molar-refractivity contribution in [3.8, 4) is 5.88 Å². The summed E-state index contributed by atoms with van der Waals surface area (Å²) in [7, 11) is 1.92. The van der Waals surface area contributed by atoms with Crippen LogP contribution in [0.1, 0.15) is 43.8 Å². The van der Waals surface area contributed by atoms with Gasteiger partial charge in [0.1, 0.15) is 12.2 Å². The molecule has 1 unspecified atom stereocenters. The third kappa shape index (κ3) is 3.92. The number of morpholine rings is 1. The van der Waals surface area contributed by atoms with Gasteiger partial charge in [0.2, 0.25) is 5.88 Å². The van der Waals surface area contributed by atoms with Crippen LogP contribution in [0.4, 0.5) is 5.82 Å². The summed E-state index contributed by atoms with van der Waals surface area (Å²) >= 11 is 0. The highest BCUT2D eigenvalue weighted by Gasteiger charge is 2.25. The summed E-state index contributed by atoms with van der Waals surface area (Å²) in [5.41, 5.74) is 1.09. The van der Waals surface area contributed by atoms with Crippen molar-refractivity contribution < 1.29 is 9.47 Å². The average Bonchev–Trinajstić information content (AvgIpc) is 3.09. The Morgan fingerprint density at radius 3 is 2.84 bits per heavy atom. The highest BCUT2D eigenvalue weighted by atomic mass is 16.5. The Kier molecular flexibility index (Phi) is 4.83. The fourth-order valence-corrected chi connectivity index (χ4v) is 3.57. The van der Waals surface area contributed by atoms with E-state index < -0.39 is 0 Å². The maximum atomic E-state index is 6.06. The molecule has 1 saturated heterocycles. The van der Waals surface area contributed by atoms with E-state index >= 15 is 0 Å². The first-order valence-electron chi connectivity index (χ1n) is 9.12. The predicted molar refractivity (Wildman–Crippen MR) is 93.6 cm³/mol. The molecule has 1 aliphatic heterocycles. The van der Waals surface area contributed by atoms with Crippen molar-refractivity contribution in [3.63, 3.8) is 0 Å². The van der Waals surface area contributed by atoms with Crippen LogP contribution in [-0.2, 0) is 11.8 Å². The fourth-order valence-electron chi connectivity index (χ4n) is 3.57. The molecule has 134 valence electrons. The van der Waals surface area contributed by atoms with Gasteiger partial charge in [0, 0.05) is 25.4 Å². The minimum Gasteiger partial charge on any atom is -0.473 e. The van der Waals surface area contributed by atoms with Crippen LogP contribution >= 0.6 is 0 Å². The summed E-state index contributed by atoms with van der Waals surface area (Å²) in [6, 6.07) is 0. The number of nitrogens with zero attached hydrogens (tertiary/aromatic N) is 5. The monoisotopic (exact) mass is 343 g/mol. The van der Waals surface area contributed by atoms with Crippen molar-refractivity contribution in [3.05, 3.63) is 30.4 Å². The Morgan fingerprint density at radius 2 is 2.04 bits per heavy atom. The van der Waals surface area contributed by atoms with Crippen molar-refractivity contribution in [1.29, 1.82) is 0 Å². The Labute approximate surface area is 148 Å². The molecule has 25 heavy (non-hydrogen) atoms. The van der Waals surface area contributed by atoms with Crippen LogP contribution < -0.4 is 9.64 Å². The lowest BCUT2D eigenvalue weighted by molar-refractivity contribution is 0.0393. The summed E-state index contributed by atoms with van der Waals surface area (Å²) in [6.07, 6.45) is 13.7. The topological polar surface area (TPSA) is 65.3 Å². The van der Waals surface area contributed by atoms with Crippen LogP contribution in [0.25, 0.3) is 0 Å². The molecule has 0 amide bonds. The SMILES string of the molecule is Cn1cc(C2CN(c3cncc(OC4CCCCC4)n3)CCO2)cn1. The lowest BCUT2D eigenvalue weighted by Crippen LogP contribution is -2.38. The molecular formula is C18H25N5O2. The predicted octanol–water partition coefficient (Wildman–Crippen LogP) is 2.50. The molecule has 0 bridgehead atoms. The maximum absolute atomic E-state index is 6.06. The van der Waals surface area contributed by atoms with Crippen LogP contribution in [0.3, 0.4) is 0 Å². The molecule has 2 aliphatic rings. The van der Waals surface area contributed by atoms with E-state index in [1.54, 1.807) is 17.1 Å². The minimum atomic E-state index is 0.00664. The van der Waals surface area contributed by atoms with E-state index in [0.717, 1.165) is 37.3 Å². The third-order valence-corrected chi connectivity index (χ3v) is 4.93. The molecule has 2 aromatic heterocycles. The molecule has 7 nitrogen and oxygen atoms in total. The lowest BCUT2D eigenvalue weighted by Gasteiger charge is -2.33. The first-order chi connectivity index (χ1) is 12.3. The van der Waals surface area contributed by atoms with Gasteiger partial charge in [0.05, 0.1) is 31.7 Å². The minimum absolute atomic E-state index is 0.00664. The largest absolute Gasteiger partial charge is 0.473 e. The fraction of sp³-hybridized carbons (Fsp3) is 0.611. The van der Waals surface area contributed by atoms with Crippen LogP contribution in [0.5, 0.6) is 5.88 Å². The molecule has 0 aromatic carbocycles. The van der Waals surface area contributed by atoms with Gasteiger partial charge >= 0.3 is 0 Å². The van der Waals surface area contributed by atoms with E-state index in [1.807, 2.05) is 19.4 Å². The quantitative estimate of drug-likeness (QED) is 0.850. The van der Waals surface area contributed by atoms with Crippen LogP contribution in [0.15, 0.2) is 24.8 Å². The molecule has 1 saturated carbocycles. The third-order valence-electron chi connectivity index (χ3n) is 4.93. The molecule has 1 atom stereocenters. The molecule has 0 radical (unpaired) electrons. The van der Waals surface area contributed by atoms with Crippen molar-refractivity contribution in [2.45, 2.75) is 44.3 Å². The Morgan fingerprint density at radius 1 is 1.16 bits per heavy atom. The summed E-state index contributed by atoms with van der Waals surface area (Å²) < 4.78 is 13.8. The van der Waals surface area contributed by atoms with Gasteiger partial charge in [-0.2, -0.15) is 10.1 Å². The molecule has 1 aliphatic carbocycles. The summed E-state index contributed by atoms with van der Waals surface area (Å²) in [5, 5.41) is 4.24. The number of ether oxygens (including phenoxy) is 2. The second kappa shape index (κ2) is 7.39. The molecule has 4 rings (SSSR count). The normalized spacial score (nSPS) is 22.1. The molecule has 0 spiro atoms. The highest BCUT2D eigenvalue weighted by molar-refractivity contribution is 5.39. The second-order valence-corrected chi connectivity index (χ2v) is 6.85. The van der Waals surface area contributed by atoms with Crippen LogP contribution in [0, 0.1) is 0 Å². The first-order valence-corrected chi connectivity index (χ1v) is 9.12.